The molecular weight excluding hydrogens is 308 g/mol. The predicted molar refractivity (Wildman–Crippen MR) is 87.3 cm³/mol. The molecule has 1 aromatic carbocycles. The van der Waals surface area contributed by atoms with E-state index in [-0.39, 0.29) is 18.6 Å². The molecule has 3 atom stereocenters. The second-order valence-electron chi connectivity index (χ2n) is 6.09. The van der Waals surface area contributed by atoms with E-state index in [4.69, 9.17) is 4.74 Å². The van der Waals surface area contributed by atoms with Gasteiger partial charge in [0, 0.05) is 18.8 Å². The van der Waals surface area contributed by atoms with Crippen molar-refractivity contribution >= 4 is 23.3 Å². The number of unbranched alkanes of at least 4 members (excludes halogenated alkanes) is 1. The van der Waals surface area contributed by atoms with Crippen LogP contribution in [0.4, 0.5) is 0 Å². The summed E-state index contributed by atoms with van der Waals surface area (Å²) in [6.07, 6.45) is 1.61. The van der Waals surface area contributed by atoms with E-state index >= 15 is 0 Å². The van der Waals surface area contributed by atoms with Crippen LogP contribution < -0.4 is 0 Å². The van der Waals surface area contributed by atoms with E-state index in [1.807, 2.05) is 13.0 Å². The summed E-state index contributed by atoms with van der Waals surface area (Å²) >= 11 is 0. The van der Waals surface area contributed by atoms with Crippen molar-refractivity contribution < 1.29 is 23.9 Å². The Kier molecular flexibility index (Phi) is 6.01. The number of benzene rings is 1. The van der Waals surface area contributed by atoms with Crippen molar-refractivity contribution in [3.63, 3.8) is 0 Å². The molecule has 0 N–H and O–H groups in total. The van der Waals surface area contributed by atoms with Crippen molar-refractivity contribution in [3.05, 3.63) is 35.9 Å². The highest BCUT2D eigenvalue weighted by Crippen LogP contribution is 2.38. The summed E-state index contributed by atoms with van der Waals surface area (Å²) in [7, 11) is 1.21. The lowest BCUT2D eigenvalue weighted by atomic mass is 9.68. The fraction of sp³-hybridized carbons (Fsp3) is 0.474. The van der Waals surface area contributed by atoms with Gasteiger partial charge >= 0.3 is 5.97 Å². The van der Waals surface area contributed by atoms with Crippen LogP contribution in [-0.4, -0.2) is 30.4 Å². The molecular formula is C19H22O5. The Bertz CT molecular complexity index is 634. The first-order valence-electron chi connectivity index (χ1n) is 8.23. The van der Waals surface area contributed by atoms with Crippen molar-refractivity contribution in [2.45, 2.75) is 38.5 Å². The molecule has 0 unspecified atom stereocenters. The second kappa shape index (κ2) is 7.99. The van der Waals surface area contributed by atoms with Crippen LogP contribution in [-0.2, 0) is 23.9 Å². The average Bonchev–Trinajstić information content (AvgIpc) is 2.59. The van der Waals surface area contributed by atoms with E-state index in [1.165, 1.54) is 7.11 Å². The first-order valence-corrected chi connectivity index (χ1v) is 8.23. The van der Waals surface area contributed by atoms with Gasteiger partial charge in [-0.05, 0) is 12.0 Å². The Hall–Kier alpha value is -2.30. The van der Waals surface area contributed by atoms with Crippen LogP contribution in [0.5, 0.6) is 0 Å². The maximum atomic E-state index is 12.8. The molecule has 0 aromatic heterocycles. The van der Waals surface area contributed by atoms with E-state index in [2.05, 4.69) is 0 Å². The molecule has 0 saturated heterocycles. The van der Waals surface area contributed by atoms with Gasteiger partial charge in [0.05, 0.1) is 7.11 Å². The van der Waals surface area contributed by atoms with Crippen molar-refractivity contribution in [2.75, 3.05) is 7.11 Å². The zero-order valence-electron chi connectivity index (χ0n) is 14.0. The Morgan fingerprint density at radius 1 is 1.17 bits per heavy atom. The van der Waals surface area contributed by atoms with E-state index in [9.17, 15) is 19.2 Å². The smallest absolute Gasteiger partial charge is 0.316 e. The third-order valence-electron chi connectivity index (χ3n) is 4.52. The highest BCUT2D eigenvalue weighted by atomic mass is 16.5. The molecule has 1 aliphatic carbocycles. The summed E-state index contributed by atoms with van der Waals surface area (Å²) in [4.78, 5) is 49.7. The minimum absolute atomic E-state index is 0.00193. The normalized spacial score (nSPS) is 23.8. The van der Waals surface area contributed by atoms with Crippen LogP contribution in [0.25, 0.3) is 0 Å². The number of hydrogen-bond donors (Lipinski definition) is 0. The Balaban J connectivity index is 2.34. The molecule has 0 radical (unpaired) electrons. The van der Waals surface area contributed by atoms with Gasteiger partial charge in [-0.2, -0.15) is 0 Å². The molecule has 0 heterocycles. The van der Waals surface area contributed by atoms with Crippen molar-refractivity contribution in [1.82, 2.24) is 0 Å². The minimum atomic E-state index is -1.32. The molecule has 1 aromatic rings. The molecule has 5 nitrogen and oxygen atoms in total. The molecule has 128 valence electrons. The first kappa shape index (κ1) is 18.0. The molecule has 1 fully saturated rings. The van der Waals surface area contributed by atoms with Crippen LogP contribution in [0, 0.1) is 11.8 Å². The molecule has 24 heavy (non-hydrogen) atoms. The number of esters is 1. The quantitative estimate of drug-likeness (QED) is 0.591. The number of carbonyl (C=O) groups excluding carboxylic acids is 4. The van der Waals surface area contributed by atoms with Gasteiger partial charge in [-0.3, -0.25) is 19.2 Å². The van der Waals surface area contributed by atoms with Gasteiger partial charge in [0.15, 0.2) is 17.3 Å². The van der Waals surface area contributed by atoms with Gasteiger partial charge < -0.3 is 4.74 Å². The third-order valence-corrected chi connectivity index (χ3v) is 4.52. The maximum absolute atomic E-state index is 12.8. The van der Waals surface area contributed by atoms with E-state index in [1.54, 1.807) is 24.3 Å². The number of ketones is 3. The lowest BCUT2D eigenvalue weighted by Gasteiger charge is -2.32. The Labute approximate surface area is 141 Å². The number of ether oxygens (including phenoxy) is 1. The lowest BCUT2D eigenvalue weighted by molar-refractivity contribution is -0.156. The van der Waals surface area contributed by atoms with Crippen LogP contribution in [0.2, 0.25) is 0 Å². The SMILES string of the molecule is CCCCC(=O)[C@@H]1C(=O)C[C@H](c2ccccc2)[C@@H](C(=O)OC)C1=O. The topological polar surface area (TPSA) is 77.5 Å². The van der Waals surface area contributed by atoms with Crippen LogP contribution in [0.1, 0.15) is 44.1 Å². The summed E-state index contributed by atoms with van der Waals surface area (Å²) < 4.78 is 4.77. The fourth-order valence-corrected chi connectivity index (χ4v) is 3.24. The van der Waals surface area contributed by atoms with E-state index in [0.717, 1.165) is 12.0 Å². The zero-order valence-corrected chi connectivity index (χ0v) is 14.0. The predicted octanol–water partition coefficient (Wildman–Crippen LogP) is 2.48. The molecule has 5 heteroatoms. The molecule has 1 saturated carbocycles. The van der Waals surface area contributed by atoms with Gasteiger partial charge in [0.1, 0.15) is 11.8 Å². The molecule has 0 amide bonds. The van der Waals surface area contributed by atoms with Gasteiger partial charge in [-0.25, -0.2) is 0 Å². The number of hydrogen-bond acceptors (Lipinski definition) is 5. The highest BCUT2D eigenvalue weighted by molar-refractivity contribution is 6.25. The molecule has 0 bridgehead atoms. The first-order chi connectivity index (χ1) is 11.5. The lowest BCUT2D eigenvalue weighted by Crippen LogP contribution is -2.47. The van der Waals surface area contributed by atoms with Crippen molar-refractivity contribution in [1.29, 1.82) is 0 Å². The number of rotatable bonds is 6. The number of methoxy groups -OCH3 is 1. The van der Waals surface area contributed by atoms with Crippen molar-refractivity contribution in [3.8, 4) is 0 Å². The number of Topliss-reactive ketones (excluding diaryl/α,β-unsaturated/α-hetero) is 3. The van der Waals surface area contributed by atoms with E-state index in [0.29, 0.717) is 6.42 Å². The van der Waals surface area contributed by atoms with E-state index < -0.39 is 35.3 Å². The minimum Gasteiger partial charge on any atom is -0.468 e. The molecule has 0 spiro atoms. The van der Waals surface area contributed by atoms with Gasteiger partial charge in [-0.1, -0.05) is 43.7 Å². The molecule has 1 aliphatic rings. The molecule has 0 aliphatic heterocycles. The number of carbonyl (C=O) groups is 4. The van der Waals surface area contributed by atoms with Crippen LogP contribution >= 0.6 is 0 Å². The second-order valence-corrected chi connectivity index (χ2v) is 6.09. The Morgan fingerprint density at radius 3 is 2.42 bits per heavy atom. The summed E-state index contributed by atoms with van der Waals surface area (Å²) in [6, 6.07) is 8.95. The average molecular weight is 330 g/mol. The summed E-state index contributed by atoms with van der Waals surface area (Å²) in [5.74, 6) is -5.08. The monoisotopic (exact) mass is 330 g/mol. The standard InChI is InChI=1S/C19H22O5/c1-3-4-10-14(20)17-15(21)11-13(12-8-6-5-7-9-12)16(18(17)22)19(23)24-2/h5-9,13,16-17H,3-4,10-11H2,1-2H3/t13-,16-,17-/m1/s1. The third kappa shape index (κ3) is 3.61. The highest BCUT2D eigenvalue weighted by Gasteiger charge is 2.50. The van der Waals surface area contributed by atoms with Crippen LogP contribution in [0.3, 0.4) is 0 Å². The Morgan fingerprint density at radius 2 is 1.83 bits per heavy atom. The molecule has 2 rings (SSSR count). The van der Waals surface area contributed by atoms with Crippen LogP contribution in [0.15, 0.2) is 30.3 Å². The van der Waals surface area contributed by atoms with Gasteiger partial charge in [-0.15, -0.1) is 0 Å². The zero-order chi connectivity index (χ0) is 17.7. The summed E-state index contributed by atoms with van der Waals surface area (Å²) in [5, 5.41) is 0. The summed E-state index contributed by atoms with van der Waals surface area (Å²) in [6.45, 7) is 1.93. The summed E-state index contributed by atoms with van der Waals surface area (Å²) in [5.41, 5.74) is 0.731. The maximum Gasteiger partial charge on any atom is 0.316 e. The fourth-order valence-electron chi connectivity index (χ4n) is 3.24. The largest absolute Gasteiger partial charge is 0.468 e. The van der Waals surface area contributed by atoms with Gasteiger partial charge in [0.25, 0.3) is 0 Å². The van der Waals surface area contributed by atoms with Crippen molar-refractivity contribution in [2.24, 2.45) is 11.8 Å². The van der Waals surface area contributed by atoms with Gasteiger partial charge in [0.2, 0.25) is 0 Å².